The number of carbonyl (C=O) groups excluding carboxylic acids is 1. The Kier molecular flexibility index (Phi) is 6.31. The van der Waals surface area contributed by atoms with Crippen LogP contribution in [0.3, 0.4) is 0 Å². The molecule has 10 nitrogen and oxygen atoms in total. The Balaban J connectivity index is 1.68. The van der Waals surface area contributed by atoms with E-state index in [0.717, 1.165) is 5.56 Å². The molecule has 0 saturated carbocycles. The number of hydrogen-bond acceptors (Lipinski definition) is 7. The van der Waals surface area contributed by atoms with E-state index in [1.54, 1.807) is 25.2 Å². The Morgan fingerprint density at radius 2 is 2.03 bits per heavy atom. The lowest BCUT2D eigenvalue weighted by Crippen LogP contribution is -2.25. The van der Waals surface area contributed by atoms with E-state index in [1.165, 1.54) is 0 Å². The van der Waals surface area contributed by atoms with Crippen molar-refractivity contribution in [1.82, 2.24) is 15.3 Å². The standard InChI is InChI=1S/C22H24N6O4/c1-24-22(23)28-20-15-5-4-14(21(30)25-7-2-8-29)11-16(15)26-19(27-20)10-13-3-6-17-18(9-13)32-12-31-17/h3-6,9,11,29H,2,7-8,10,12H2,1H3,(H,25,30)(H3,23,24,26,27,28). The summed E-state index contributed by atoms with van der Waals surface area (Å²) in [5, 5.41) is 15.4. The molecule has 1 aliphatic rings. The molecule has 0 aliphatic carbocycles. The van der Waals surface area contributed by atoms with Gasteiger partial charge in [0.15, 0.2) is 17.5 Å². The van der Waals surface area contributed by atoms with Crippen molar-refractivity contribution in [1.29, 1.82) is 0 Å². The summed E-state index contributed by atoms with van der Waals surface area (Å²) in [6, 6.07) is 10.9. The average Bonchev–Trinajstić information content (AvgIpc) is 3.26. The fourth-order valence-electron chi connectivity index (χ4n) is 3.29. The number of ether oxygens (including phenoxy) is 2. The van der Waals surface area contributed by atoms with Crippen LogP contribution in [-0.4, -0.2) is 53.9 Å². The number of anilines is 1. The minimum atomic E-state index is -0.236. The van der Waals surface area contributed by atoms with E-state index in [2.05, 4.69) is 25.6 Å². The molecule has 0 spiro atoms. The van der Waals surface area contributed by atoms with Gasteiger partial charge in [-0.3, -0.25) is 9.79 Å². The van der Waals surface area contributed by atoms with E-state index < -0.39 is 0 Å². The predicted molar refractivity (Wildman–Crippen MR) is 120 cm³/mol. The molecule has 0 bridgehead atoms. The normalized spacial score (nSPS) is 12.8. The number of fused-ring (bicyclic) bond motifs is 2. The van der Waals surface area contributed by atoms with Crippen molar-refractivity contribution >= 4 is 28.6 Å². The summed E-state index contributed by atoms with van der Waals surface area (Å²) in [6.07, 6.45) is 0.933. The molecule has 3 aromatic rings. The van der Waals surface area contributed by atoms with E-state index in [4.69, 9.17) is 20.3 Å². The van der Waals surface area contributed by atoms with Crippen molar-refractivity contribution in [3.63, 3.8) is 0 Å². The van der Waals surface area contributed by atoms with Crippen LogP contribution in [0.25, 0.3) is 10.9 Å². The highest BCUT2D eigenvalue weighted by atomic mass is 16.7. The van der Waals surface area contributed by atoms with Gasteiger partial charge in [0.05, 0.1) is 5.52 Å². The first-order valence-corrected chi connectivity index (χ1v) is 10.1. The molecule has 32 heavy (non-hydrogen) atoms. The number of aromatic nitrogens is 2. The number of aliphatic hydroxyl groups excluding tert-OH is 1. The van der Waals surface area contributed by atoms with E-state index in [1.807, 2.05) is 18.2 Å². The number of nitrogens with zero attached hydrogens (tertiary/aromatic N) is 3. The van der Waals surface area contributed by atoms with Gasteiger partial charge in [0, 0.05) is 37.6 Å². The molecule has 0 radical (unpaired) electrons. The van der Waals surface area contributed by atoms with Crippen molar-refractivity contribution in [2.24, 2.45) is 10.7 Å². The van der Waals surface area contributed by atoms with Crippen LogP contribution in [0.5, 0.6) is 11.5 Å². The van der Waals surface area contributed by atoms with Crippen LogP contribution < -0.4 is 25.8 Å². The number of carbonyl (C=O) groups is 1. The number of nitrogens with one attached hydrogen (secondary N) is 2. The lowest BCUT2D eigenvalue weighted by molar-refractivity contribution is 0.0951. The van der Waals surface area contributed by atoms with E-state index >= 15 is 0 Å². The molecule has 0 fully saturated rings. The van der Waals surface area contributed by atoms with Gasteiger partial charge in [0.25, 0.3) is 5.91 Å². The van der Waals surface area contributed by atoms with Crippen molar-refractivity contribution in [2.75, 3.05) is 32.3 Å². The van der Waals surface area contributed by atoms with Gasteiger partial charge in [-0.2, -0.15) is 0 Å². The van der Waals surface area contributed by atoms with Crippen LogP contribution in [0, 0.1) is 0 Å². The first kappa shape index (κ1) is 21.3. The van der Waals surface area contributed by atoms with Crippen LogP contribution in [0.15, 0.2) is 41.4 Å². The second-order valence-corrected chi connectivity index (χ2v) is 7.15. The van der Waals surface area contributed by atoms with Gasteiger partial charge in [-0.05, 0) is 42.3 Å². The second kappa shape index (κ2) is 9.48. The van der Waals surface area contributed by atoms with Gasteiger partial charge >= 0.3 is 0 Å². The van der Waals surface area contributed by atoms with Crippen molar-refractivity contribution in [3.05, 3.63) is 53.3 Å². The van der Waals surface area contributed by atoms with E-state index in [9.17, 15) is 4.79 Å². The van der Waals surface area contributed by atoms with Crippen LogP contribution in [-0.2, 0) is 6.42 Å². The Hall–Kier alpha value is -3.92. The van der Waals surface area contributed by atoms with Crippen LogP contribution in [0.4, 0.5) is 5.82 Å². The topological polar surface area (TPSA) is 144 Å². The molecule has 1 aliphatic heterocycles. The molecular formula is C22H24N6O4. The second-order valence-electron chi connectivity index (χ2n) is 7.15. The molecule has 1 amide bonds. The Morgan fingerprint density at radius 3 is 2.84 bits per heavy atom. The smallest absolute Gasteiger partial charge is 0.251 e. The quantitative estimate of drug-likeness (QED) is 0.247. The summed E-state index contributed by atoms with van der Waals surface area (Å²) in [5.74, 6) is 2.41. The number of aliphatic imine (C=N–C) groups is 1. The highest BCUT2D eigenvalue weighted by Gasteiger charge is 2.16. The molecule has 1 aromatic heterocycles. The summed E-state index contributed by atoms with van der Waals surface area (Å²) in [4.78, 5) is 25.7. The zero-order chi connectivity index (χ0) is 22.5. The van der Waals surface area contributed by atoms with Gasteiger partial charge in [-0.25, -0.2) is 9.97 Å². The number of guanidine groups is 1. The van der Waals surface area contributed by atoms with E-state index in [0.29, 0.717) is 59.0 Å². The zero-order valence-corrected chi connectivity index (χ0v) is 17.6. The van der Waals surface area contributed by atoms with Gasteiger partial charge in [0.1, 0.15) is 11.6 Å². The fraction of sp³-hybridized carbons (Fsp3) is 0.273. The van der Waals surface area contributed by atoms with E-state index in [-0.39, 0.29) is 25.3 Å². The van der Waals surface area contributed by atoms with Crippen molar-refractivity contribution in [2.45, 2.75) is 12.8 Å². The summed E-state index contributed by atoms with van der Waals surface area (Å²) in [5.41, 5.74) is 7.88. The Labute approximate surface area is 184 Å². The number of benzene rings is 2. The summed E-state index contributed by atoms with van der Waals surface area (Å²) >= 11 is 0. The highest BCUT2D eigenvalue weighted by molar-refractivity contribution is 6.03. The van der Waals surface area contributed by atoms with Crippen LogP contribution in [0.2, 0.25) is 0 Å². The number of amides is 1. The van der Waals surface area contributed by atoms with Crippen molar-refractivity contribution in [3.8, 4) is 11.5 Å². The SMILES string of the molecule is CN=C(N)Nc1nc(Cc2ccc3c(c2)OCO3)nc2cc(C(=O)NCCCO)ccc12. The number of rotatable bonds is 7. The maximum absolute atomic E-state index is 12.4. The van der Waals surface area contributed by atoms with Gasteiger partial charge in [-0.15, -0.1) is 0 Å². The maximum Gasteiger partial charge on any atom is 0.251 e. The molecule has 0 atom stereocenters. The highest BCUT2D eigenvalue weighted by Crippen LogP contribution is 2.33. The lowest BCUT2D eigenvalue weighted by atomic mass is 10.1. The minimum Gasteiger partial charge on any atom is -0.454 e. The number of hydrogen-bond donors (Lipinski definition) is 4. The molecule has 2 aromatic carbocycles. The lowest BCUT2D eigenvalue weighted by Gasteiger charge is -2.12. The van der Waals surface area contributed by atoms with Gasteiger partial charge in [0.2, 0.25) is 6.79 Å². The molecule has 0 unspecified atom stereocenters. The number of nitrogens with two attached hydrogens (primary N) is 1. The molecule has 2 heterocycles. The monoisotopic (exact) mass is 436 g/mol. The summed E-state index contributed by atoms with van der Waals surface area (Å²) in [6.45, 7) is 0.616. The first-order valence-electron chi connectivity index (χ1n) is 10.1. The number of aliphatic hydroxyl groups is 1. The van der Waals surface area contributed by atoms with Crippen LogP contribution in [0.1, 0.15) is 28.2 Å². The third kappa shape index (κ3) is 4.70. The Bertz CT molecular complexity index is 1180. The molecule has 10 heteroatoms. The average molecular weight is 436 g/mol. The minimum absolute atomic E-state index is 0.0177. The third-order valence-corrected chi connectivity index (χ3v) is 4.91. The third-order valence-electron chi connectivity index (χ3n) is 4.91. The van der Waals surface area contributed by atoms with Gasteiger partial charge in [-0.1, -0.05) is 6.07 Å². The van der Waals surface area contributed by atoms with Crippen LogP contribution >= 0.6 is 0 Å². The fourth-order valence-corrected chi connectivity index (χ4v) is 3.29. The molecule has 166 valence electrons. The summed E-state index contributed by atoms with van der Waals surface area (Å²) in [7, 11) is 1.58. The Morgan fingerprint density at radius 1 is 1.19 bits per heavy atom. The van der Waals surface area contributed by atoms with Gasteiger partial charge < -0.3 is 30.9 Å². The van der Waals surface area contributed by atoms with Crippen molar-refractivity contribution < 1.29 is 19.4 Å². The molecular weight excluding hydrogens is 412 g/mol. The molecule has 0 saturated heterocycles. The molecule has 4 rings (SSSR count). The zero-order valence-electron chi connectivity index (χ0n) is 17.6. The predicted octanol–water partition coefficient (Wildman–Crippen LogP) is 1.42. The molecule has 5 N–H and O–H groups in total. The largest absolute Gasteiger partial charge is 0.454 e. The summed E-state index contributed by atoms with van der Waals surface area (Å²) < 4.78 is 10.8. The first-order chi connectivity index (χ1) is 15.6. The maximum atomic E-state index is 12.4.